The number of halogens is 1. The van der Waals surface area contributed by atoms with Gasteiger partial charge in [0.05, 0.1) is 10.9 Å². The molecule has 0 radical (unpaired) electrons. The van der Waals surface area contributed by atoms with E-state index in [2.05, 4.69) is 16.9 Å². The molecule has 6 heteroatoms. The number of amides is 1. The molecule has 0 aliphatic rings. The van der Waals surface area contributed by atoms with Crippen molar-refractivity contribution in [3.8, 4) is 10.6 Å². The number of rotatable bonds is 7. The number of thioether (sulfide) groups is 1. The summed E-state index contributed by atoms with van der Waals surface area (Å²) in [4.78, 5) is 16.3. The van der Waals surface area contributed by atoms with Crippen molar-refractivity contribution in [2.24, 2.45) is 0 Å². The molecule has 0 saturated carbocycles. The minimum atomic E-state index is -0.254. The maximum atomic E-state index is 12.9. The number of nitrogens with zero attached hydrogens (tertiary/aromatic N) is 1. The first-order valence-electron chi connectivity index (χ1n) is 6.80. The molecule has 1 aromatic heterocycles. The van der Waals surface area contributed by atoms with Gasteiger partial charge in [-0.15, -0.1) is 29.7 Å². The van der Waals surface area contributed by atoms with Crippen molar-refractivity contribution in [1.29, 1.82) is 0 Å². The molecule has 1 atom stereocenters. The van der Waals surface area contributed by atoms with E-state index < -0.39 is 0 Å². The lowest BCUT2D eigenvalue weighted by molar-refractivity contribution is -0.120. The van der Waals surface area contributed by atoms with Crippen LogP contribution in [0.2, 0.25) is 0 Å². The van der Waals surface area contributed by atoms with Crippen LogP contribution in [0.3, 0.4) is 0 Å². The lowest BCUT2D eigenvalue weighted by Crippen LogP contribution is -2.30. The molecule has 22 heavy (non-hydrogen) atoms. The molecule has 1 amide bonds. The molecule has 0 saturated heterocycles. The number of hydrogen-bond acceptors (Lipinski definition) is 4. The van der Waals surface area contributed by atoms with Gasteiger partial charge in [0.15, 0.2) is 0 Å². The van der Waals surface area contributed by atoms with E-state index in [-0.39, 0.29) is 17.0 Å². The molecule has 116 valence electrons. The molecule has 1 heterocycles. The van der Waals surface area contributed by atoms with Crippen LogP contribution in [0.25, 0.3) is 10.6 Å². The van der Waals surface area contributed by atoms with Gasteiger partial charge < -0.3 is 5.32 Å². The zero-order valence-corrected chi connectivity index (χ0v) is 13.8. The van der Waals surface area contributed by atoms with Crippen molar-refractivity contribution in [3.63, 3.8) is 0 Å². The number of nitrogens with one attached hydrogen (secondary N) is 1. The van der Waals surface area contributed by atoms with E-state index >= 15 is 0 Å². The van der Waals surface area contributed by atoms with Crippen LogP contribution in [0.1, 0.15) is 12.6 Å². The van der Waals surface area contributed by atoms with E-state index in [1.807, 2.05) is 12.3 Å². The summed E-state index contributed by atoms with van der Waals surface area (Å²) in [6, 6.07) is 6.29. The molecule has 3 nitrogen and oxygen atoms in total. The standard InChI is InChI=1S/C16H17FN2OS2/c1-3-8-18-15(20)11(2)21-9-14-10-22-16(19-14)12-4-6-13(17)7-5-12/h3-7,10-11H,1,8-9H2,2H3,(H,18,20). The Balaban J connectivity index is 1.91. The highest BCUT2D eigenvalue weighted by molar-refractivity contribution is 7.99. The molecule has 1 aromatic carbocycles. The van der Waals surface area contributed by atoms with Gasteiger partial charge in [-0.2, -0.15) is 0 Å². The summed E-state index contributed by atoms with van der Waals surface area (Å²) in [5.41, 5.74) is 1.83. The Labute approximate surface area is 137 Å². The Kier molecular flexibility index (Phi) is 6.15. The molecule has 2 aromatic rings. The maximum Gasteiger partial charge on any atom is 0.233 e. The molecule has 0 bridgehead atoms. The van der Waals surface area contributed by atoms with Crippen LogP contribution in [-0.4, -0.2) is 22.7 Å². The van der Waals surface area contributed by atoms with E-state index in [1.54, 1.807) is 18.2 Å². The highest BCUT2D eigenvalue weighted by Gasteiger charge is 2.13. The first kappa shape index (κ1) is 16.7. The van der Waals surface area contributed by atoms with Crippen molar-refractivity contribution in [2.45, 2.75) is 17.9 Å². The lowest BCUT2D eigenvalue weighted by atomic mass is 10.2. The van der Waals surface area contributed by atoms with Gasteiger partial charge in [-0.3, -0.25) is 4.79 Å². The maximum absolute atomic E-state index is 12.9. The largest absolute Gasteiger partial charge is 0.352 e. The fourth-order valence-corrected chi connectivity index (χ4v) is 3.44. The molecule has 0 aliphatic heterocycles. The zero-order valence-electron chi connectivity index (χ0n) is 12.2. The second-order valence-electron chi connectivity index (χ2n) is 4.64. The third-order valence-electron chi connectivity index (χ3n) is 2.91. The summed E-state index contributed by atoms with van der Waals surface area (Å²) in [5.74, 6) is 0.412. The summed E-state index contributed by atoms with van der Waals surface area (Å²) in [5, 5.41) is 5.46. The molecule has 0 aliphatic carbocycles. The van der Waals surface area contributed by atoms with Gasteiger partial charge in [-0.1, -0.05) is 6.08 Å². The van der Waals surface area contributed by atoms with Crippen LogP contribution in [-0.2, 0) is 10.5 Å². The van der Waals surface area contributed by atoms with E-state index in [0.717, 1.165) is 16.3 Å². The number of benzene rings is 1. The number of aromatic nitrogens is 1. The molecule has 2 rings (SSSR count). The SMILES string of the molecule is C=CCNC(=O)C(C)SCc1csc(-c2ccc(F)cc2)n1. The third kappa shape index (κ3) is 4.68. The van der Waals surface area contributed by atoms with E-state index in [0.29, 0.717) is 12.3 Å². The number of thiazole rings is 1. The van der Waals surface area contributed by atoms with Crippen molar-refractivity contribution in [1.82, 2.24) is 10.3 Å². The van der Waals surface area contributed by atoms with Crippen LogP contribution in [0, 0.1) is 5.82 Å². The van der Waals surface area contributed by atoms with Gasteiger partial charge in [-0.25, -0.2) is 9.37 Å². The van der Waals surface area contributed by atoms with Crippen LogP contribution < -0.4 is 5.32 Å². The topological polar surface area (TPSA) is 42.0 Å². The molecular weight excluding hydrogens is 319 g/mol. The fraction of sp³-hybridized carbons (Fsp3) is 0.250. The quantitative estimate of drug-likeness (QED) is 0.780. The highest BCUT2D eigenvalue weighted by atomic mass is 32.2. The van der Waals surface area contributed by atoms with Gasteiger partial charge in [0.1, 0.15) is 10.8 Å². The van der Waals surface area contributed by atoms with Gasteiger partial charge in [0, 0.05) is 23.2 Å². The number of carbonyl (C=O) groups excluding carboxylic acids is 1. The second kappa shape index (κ2) is 8.10. The average molecular weight is 336 g/mol. The monoisotopic (exact) mass is 336 g/mol. The normalized spacial score (nSPS) is 11.9. The second-order valence-corrected chi connectivity index (χ2v) is 6.83. The van der Waals surface area contributed by atoms with E-state index in [4.69, 9.17) is 0 Å². The Hall–Kier alpha value is -1.66. The first-order valence-corrected chi connectivity index (χ1v) is 8.73. The zero-order chi connectivity index (χ0) is 15.9. The minimum absolute atomic E-state index is 0.00103. The molecular formula is C16H17FN2OS2. The number of carbonyl (C=O) groups is 1. The predicted octanol–water partition coefficient (Wildman–Crippen LogP) is 3.87. The Morgan fingerprint density at radius 3 is 2.91 bits per heavy atom. The first-order chi connectivity index (χ1) is 10.6. The van der Waals surface area contributed by atoms with Crippen LogP contribution >= 0.6 is 23.1 Å². The highest BCUT2D eigenvalue weighted by Crippen LogP contribution is 2.26. The Bertz CT molecular complexity index is 640. The minimum Gasteiger partial charge on any atom is -0.352 e. The summed E-state index contributed by atoms with van der Waals surface area (Å²) in [6.07, 6.45) is 1.66. The van der Waals surface area contributed by atoms with Gasteiger partial charge in [0.25, 0.3) is 0 Å². The summed E-state index contributed by atoms with van der Waals surface area (Å²) < 4.78 is 12.9. The lowest BCUT2D eigenvalue weighted by Gasteiger charge is -2.09. The van der Waals surface area contributed by atoms with Gasteiger partial charge in [-0.05, 0) is 31.2 Å². The predicted molar refractivity (Wildman–Crippen MR) is 91.5 cm³/mol. The van der Waals surface area contributed by atoms with Crippen LogP contribution in [0.5, 0.6) is 0 Å². The third-order valence-corrected chi connectivity index (χ3v) is 5.03. The molecule has 0 spiro atoms. The fourth-order valence-electron chi connectivity index (χ4n) is 1.70. The molecule has 1 N–H and O–H groups in total. The van der Waals surface area contributed by atoms with E-state index in [1.165, 1.54) is 35.2 Å². The van der Waals surface area contributed by atoms with Crippen molar-refractivity contribution in [3.05, 3.63) is 53.8 Å². The molecule has 1 unspecified atom stereocenters. The Morgan fingerprint density at radius 2 is 2.23 bits per heavy atom. The van der Waals surface area contributed by atoms with Gasteiger partial charge >= 0.3 is 0 Å². The van der Waals surface area contributed by atoms with Crippen molar-refractivity contribution >= 4 is 29.0 Å². The van der Waals surface area contributed by atoms with Gasteiger partial charge in [0.2, 0.25) is 5.91 Å². The smallest absolute Gasteiger partial charge is 0.233 e. The average Bonchev–Trinajstić information content (AvgIpc) is 2.99. The van der Waals surface area contributed by atoms with E-state index in [9.17, 15) is 9.18 Å². The van der Waals surface area contributed by atoms with Crippen LogP contribution in [0.15, 0.2) is 42.3 Å². The summed E-state index contributed by atoms with van der Waals surface area (Å²) in [6.45, 7) is 5.92. The summed E-state index contributed by atoms with van der Waals surface area (Å²) >= 11 is 3.06. The van der Waals surface area contributed by atoms with Crippen molar-refractivity contribution < 1.29 is 9.18 Å². The Morgan fingerprint density at radius 1 is 1.50 bits per heavy atom. The van der Waals surface area contributed by atoms with Crippen molar-refractivity contribution in [2.75, 3.05) is 6.54 Å². The van der Waals surface area contributed by atoms with Crippen LogP contribution in [0.4, 0.5) is 4.39 Å². The summed E-state index contributed by atoms with van der Waals surface area (Å²) in [7, 11) is 0. The number of hydrogen-bond donors (Lipinski definition) is 1. The molecule has 0 fully saturated rings.